The fourth-order valence-corrected chi connectivity index (χ4v) is 2.36. The highest BCUT2D eigenvalue weighted by Crippen LogP contribution is 2.27. The number of carbonyl (C=O) groups excluding carboxylic acids is 1. The van der Waals surface area contributed by atoms with Crippen LogP contribution in [0.4, 0.5) is 0 Å². The number of hydrogen-bond donors (Lipinski definition) is 3. The first kappa shape index (κ1) is 17.0. The van der Waals surface area contributed by atoms with Gasteiger partial charge in [-0.2, -0.15) is 10.2 Å². The van der Waals surface area contributed by atoms with Gasteiger partial charge in [0.1, 0.15) is 11.4 Å². The largest absolute Gasteiger partial charge is 0.507 e. The van der Waals surface area contributed by atoms with Gasteiger partial charge in [0.05, 0.1) is 22.0 Å². The highest BCUT2D eigenvalue weighted by Gasteiger charge is 2.11. The second kappa shape index (κ2) is 7.38. The fraction of sp³-hybridized carbons (Fsp3) is 0. The van der Waals surface area contributed by atoms with Gasteiger partial charge in [-0.1, -0.05) is 41.4 Å². The summed E-state index contributed by atoms with van der Waals surface area (Å²) >= 11 is 11.9. The smallest absolute Gasteiger partial charge is 0.289 e. The summed E-state index contributed by atoms with van der Waals surface area (Å²) in [6.45, 7) is 0. The van der Waals surface area contributed by atoms with Crippen molar-refractivity contribution in [2.75, 3.05) is 0 Å². The number of amides is 1. The Morgan fingerprint density at radius 2 is 1.96 bits per heavy atom. The number of rotatable bonds is 4. The number of benzene rings is 2. The predicted octanol–water partition coefficient (Wildman–Crippen LogP) is 3.85. The second-order valence-electron chi connectivity index (χ2n) is 5.05. The molecule has 0 bridgehead atoms. The highest BCUT2D eigenvalue weighted by atomic mass is 35.5. The summed E-state index contributed by atoms with van der Waals surface area (Å²) in [6, 6.07) is 13.3. The molecular formula is C17H12Cl2N4O2. The molecule has 0 unspecified atom stereocenters. The van der Waals surface area contributed by atoms with Gasteiger partial charge in [0, 0.05) is 11.1 Å². The highest BCUT2D eigenvalue weighted by molar-refractivity contribution is 6.42. The van der Waals surface area contributed by atoms with E-state index in [1.54, 1.807) is 42.5 Å². The number of hydrogen-bond acceptors (Lipinski definition) is 4. The Hall–Kier alpha value is -2.83. The molecule has 126 valence electrons. The number of aromatic hydroxyl groups is 1. The van der Waals surface area contributed by atoms with Crippen LogP contribution in [-0.2, 0) is 0 Å². The van der Waals surface area contributed by atoms with Crippen LogP contribution in [0, 0.1) is 0 Å². The summed E-state index contributed by atoms with van der Waals surface area (Å²) in [5.74, 6) is -0.394. The third kappa shape index (κ3) is 3.99. The zero-order valence-electron chi connectivity index (χ0n) is 12.7. The second-order valence-corrected chi connectivity index (χ2v) is 5.87. The van der Waals surface area contributed by atoms with Gasteiger partial charge in [0.2, 0.25) is 0 Å². The van der Waals surface area contributed by atoms with E-state index in [4.69, 9.17) is 23.2 Å². The van der Waals surface area contributed by atoms with Crippen LogP contribution in [0.25, 0.3) is 11.3 Å². The maximum Gasteiger partial charge on any atom is 0.289 e. The summed E-state index contributed by atoms with van der Waals surface area (Å²) < 4.78 is 0. The standard InChI is InChI=1S/C17H12Cl2N4O2/c18-12-6-5-10(7-13(12)19)14-8-15(22-21-14)17(25)23-20-9-11-3-1-2-4-16(11)24/h1-9,24H,(H,21,22)(H,23,25)/b20-9+. The number of hydrazone groups is 1. The molecule has 3 rings (SSSR count). The van der Waals surface area contributed by atoms with E-state index in [-0.39, 0.29) is 11.4 Å². The van der Waals surface area contributed by atoms with Crippen LogP contribution in [0.15, 0.2) is 53.6 Å². The van der Waals surface area contributed by atoms with Gasteiger partial charge in [0.25, 0.3) is 5.91 Å². The number of para-hydroxylation sites is 1. The van der Waals surface area contributed by atoms with Crippen molar-refractivity contribution >= 4 is 35.3 Å². The molecule has 0 fully saturated rings. The van der Waals surface area contributed by atoms with Crippen molar-refractivity contribution in [1.29, 1.82) is 0 Å². The van der Waals surface area contributed by atoms with Crippen molar-refractivity contribution in [2.45, 2.75) is 0 Å². The first-order valence-corrected chi connectivity index (χ1v) is 7.92. The van der Waals surface area contributed by atoms with Crippen molar-refractivity contribution in [1.82, 2.24) is 15.6 Å². The third-order valence-corrected chi connectivity index (χ3v) is 4.08. The number of aromatic nitrogens is 2. The van der Waals surface area contributed by atoms with E-state index in [0.717, 1.165) is 5.56 Å². The molecule has 2 aromatic carbocycles. The quantitative estimate of drug-likeness (QED) is 0.478. The minimum Gasteiger partial charge on any atom is -0.507 e. The van der Waals surface area contributed by atoms with Gasteiger partial charge in [0.15, 0.2) is 0 Å². The van der Waals surface area contributed by atoms with Gasteiger partial charge in [-0.05, 0) is 30.3 Å². The maximum atomic E-state index is 12.1. The predicted molar refractivity (Wildman–Crippen MR) is 97.2 cm³/mol. The zero-order chi connectivity index (χ0) is 17.8. The normalized spacial score (nSPS) is 11.0. The summed E-state index contributed by atoms with van der Waals surface area (Å²) in [4.78, 5) is 12.1. The Kier molecular flexibility index (Phi) is 5.02. The van der Waals surface area contributed by atoms with E-state index >= 15 is 0 Å². The number of phenols is 1. The molecule has 0 spiro atoms. The first-order valence-electron chi connectivity index (χ1n) is 7.17. The number of halogens is 2. The molecule has 8 heteroatoms. The lowest BCUT2D eigenvalue weighted by Gasteiger charge is -1.99. The number of phenolic OH excluding ortho intramolecular Hbond substituents is 1. The van der Waals surface area contributed by atoms with Gasteiger partial charge in [-0.25, -0.2) is 5.43 Å². The van der Waals surface area contributed by atoms with Crippen LogP contribution in [0.3, 0.4) is 0 Å². The van der Waals surface area contributed by atoms with E-state index in [2.05, 4.69) is 20.7 Å². The molecule has 6 nitrogen and oxygen atoms in total. The minimum atomic E-state index is -0.467. The van der Waals surface area contributed by atoms with E-state index in [9.17, 15) is 9.90 Å². The molecule has 0 radical (unpaired) electrons. The van der Waals surface area contributed by atoms with Crippen molar-refractivity contribution in [3.8, 4) is 17.0 Å². The Labute approximate surface area is 153 Å². The molecule has 0 saturated heterocycles. The topological polar surface area (TPSA) is 90.4 Å². The maximum absolute atomic E-state index is 12.1. The van der Waals surface area contributed by atoms with Gasteiger partial charge in [-0.3, -0.25) is 9.89 Å². The Morgan fingerprint density at radius 1 is 1.16 bits per heavy atom. The minimum absolute atomic E-state index is 0.0731. The molecule has 0 atom stereocenters. The Bertz CT molecular complexity index is 953. The van der Waals surface area contributed by atoms with E-state index in [1.165, 1.54) is 12.3 Å². The molecule has 1 heterocycles. The van der Waals surface area contributed by atoms with E-state index in [0.29, 0.717) is 21.3 Å². The molecule has 25 heavy (non-hydrogen) atoms. The lowest BCUT2D eigenvalue weighted by Crippen LogP contribution is -2.18. The molecule has 0 saturated carbocycles. The summed E-state index contributed by atoms with van der Waals surface area (Å²) in [5, 5.41) is 21.0. The van der Waals surface area contributed by atoms with Crippen molar-refractivity contribution < 1.29 is 9.90 Å². The first-order chi connectivity index (χ1) is 12.0. The monoisotopic (exact) mass is 374 g/mol. The van der Waals surface area contributed by atoms with Gasteiger partial charge < -0.3 is 5.11 Å². The number of nitrogens with one attached hydrogen (secondary N) is 2. The summed E-state index contributed by atoms with van der Waals surface area (Å²) in [6.07, 6.45) is 1.35. The third-order valence-electron chi connectivity index (χ3n) is 3.34. The van der Waals surface area contributed by atoms with Crippen LogP contribution >= 0.6 is 23.2 Å². The van der Waals surface area contributed by atoms with Crippen LogP contribution < -0.4 is 5.43 Å². The molecule has 3 aromatic rings. The molecular weight excluding hydrogens is 363 g/mol. The van der Waals surface area contributed by atoms with Crippen molar-refractivity contribution in [3.05, 3.63) is 69.8 Å². The van der Waals surface area contributed by atoms with Crippen LogP contribution in [-0.4, -0.2) is 27.4 Å². The van der Waals surface area contributed by atoms with Crippen LogP contribution in [0.5, 0.6) is 5.75 Å². The lowest BCUT2D eigenvalue weighted by molar-refractivity contribution is 0.0950. The zero-order valence-corrected chi connectivity index (χ0v) is 14.2. The fourth-order valence-electron chi connectivity index (χ4n) is 2.06. The SMILES string of the molecule is O=C(N/N=C/c1ccccc1O)c1cc(-c2ccc(Cl)c(Cl)c2)n[nH]1. The molecule has 0 aliphatic carbocycles. The number of carbonyl (C=O) groups is 1. The molecule has 1 aromatic heterocycles. The average molecular weight is 375 g/mol. The van der Waals surface area contributed by atoms with Gasteiger partial charge >= 0.3 is 0 Å². The van der Waals surface area contributed by atoms with E-state index in [1.807, 2.05) is 0 Å². The number of aromatic amines is 1. The van der Waals surface area contributed by atoms with Crippen LogP contribution in [0.2, 0.25) is 10.0 Å². The van der Waals surface area contributed by atoms with Crippen molar-refractivity contribution in [3.63, 3.8) is 0 Å². The average Bonchev–Trinajstić information content (AvgIpc) is 3.09. The van der Waals surface area contributed by atoms with E-state index < -0.39 is 5.91 Å². The molecule has 3 N–H and O–H groups in total. The molecule has 1 amide bonds. The van der Waals surface area contributed by atoms with Crippen LogP contribution in [0.1, 0.15) is 16.1 Å². The molecule has 0 aliphatic heterocycles. The number of H-pyrrole nitrogens is 1. The van der Waals surface area contributed by atoms with Gasteiger partial charge in [-0.15, -0.1) is 0 Å². The Morgan fingerprint density at radius 3 is 2.72 bits per heavy atom. The summed E-state index contributed by atoms with van der Waals surface area (Å²) in [7, 11) is 0. The number of nitrogens with zero attached hydrogens (tertiary/aromatic N) is 2. The lowest BCUT2D eigenvalue weighted by atomic mass is 10.1. The molecule has 0 aliphatic rings. The summed E-state index contributed by atoms with van der Waals surface area (Å²) in [5.41, 5.74) is 4.36. The van der Waals surface area contributed by atoms with Crippen molar-refractivity contribution in [2.24, 2.45) is 5.10 Å². The Balaban J connectivity index is 1.70.